The molecule has 0 fully saturated rings. The van der Waals surface area contributed by atoms with Gasteiger partial charge in [-0.05, 0) is 65.7 Å². The standard InChI is InChI=1S/C39H34ClN3O6S/c1-47-29-18-10-12-25(20-29)21-33(43-37(44)27-15-8-5-9-16-27)38(45)41-28-17-11-19-30(22-28)50-36(26-13-6-4-7-14-26)39(46)42-32-23-31(40)34(48-2)24-35(32)49-3/h4-24,36H,1-3H3,(H,41,45)(H,42,46)(H,43,44)/b33-21-. The number of methoxy groups -OCH3 is 3. The molecule has 0 bridgehead atoms. The van der Waals surface area contributed by atoms with Crippen LogP contribution in [0.4, 0.5) is 11.4 Å². The van der Waals surface area contributed by atoms with Crippen LogP contribution in [0.1, 0.15) is 26.7 Å². The highest BCUT2D eigenvalue weighted by Crippen LogP contribution is 2.40. The first kappa shape index (κ1) is 35.6. The van der Waals surface area contributed by atoms with E-state index in [4.69, 9.17) is 25.8 Å². The molecule has 1 atom stereocenters. The maximum absolute atomic E-state index is 13.9. The number of nitrogens with one attached hydrogen (secondary N) is 3. The molecule has 5 aromatic carbocycles. The van der Waals surface area contributed by atoms with Crippen LogP contribution in [0.2, 0.25) is 5.02 Å². The monoisotopic (exact) mass is 707 g/mol. The third-order valence-corrected chi connectivity index (χ3v) is 8.90. The largest absolute Gasteiger partial charge is 0.497 e. The van der Waals surface area contributed by atoms with Gasteiger partial charge in [-0.1, -0.05) is 78.3 Å². The van der Waals surface area contributed by atoms with Crippen LogP contribution in [-0.2, 0) is 9.59 Å². The second-order valence-electron chi connectivity index (χ2n) is 10.7. The van der Waals surface area contributed by atoms with E-state index in [1.807, 2.05) is 36.4 Å². The summed E-state index contributed by atoms with van der Waals surface area (Å²) in [6.07, 6.45) is 1.58. The number of anilines is 2. The van der Waals surface area contributed by atoms with E-state index in [1.165, 1.54) is 26.0 Å². The van der Waals surface area contributed by atoms with Crippen LogP contribution in [0, 0.1) is 0 Å². The Balaban J connectivity index is 1.40. The number of hydrogen-bond acceptors (Lipinski definition) is 7. The SMILES string of the molecule is COc1cccc(/C=C(\NC(=O)c2ccccc2)C(=O)Nc2cccc(SC(C(=O)Nc3cc(Cl)c(OC)cc3OC)c3ccccc3)c2)c1. The summed E-state index contributed by atoms with van der Waals surface area (Å²) in [6.45, 7) is 0. The van der Waals surface area contributed by atoms with Gasteiger partial charge in [0.15, 0.2) is 0 Å². The van der Waals surface area contributed by atoms with E-state index < -0.39 is 17.1 Å². The fourth-order valence-corrected chi connectivity index (χ4v) is 6.20. The van der Waals surface area contributed by atoms with Gasteiger partial charge in [-0.25, -0.2) is 0 Å². The van der Waals surface area contributed by atoms with E-state index in [-0.39, 0.29) is 11.6 Å². The van der Waals surface area contributed by atoms with Gasteiger partial charge in [-0.3, -0.25) is 14.4 Å². The Hall–Kier alpha value is -5.71. The van der Waals surface area contributed by atoms with Gasteiger partial charge in [0.1, 0.15) is 28.2 Å². The van der Waals surface area contributed by atoms with Crippen molar-refractivity contribution in [1.29, 1.82) is 0 Å². The third-order valence-electron chi connectivity index (χ3n) is 7.35. The van der Waals surface area contributed by atoms with Crippen molar-refractivity contribution in [3.63, 3.8) is 0 Å². The van der Waals surface area contributed by atoms with Crippen molar-refractivity contribution in [1.82, 2.24) is 5.32 Å². The number of carbonyl (C=O) groups is 3. The van der Waals surface area contributed by atoms with Crippen LogP contribution in [0.25, 0.3) is 6.08 Å². The summed E-state index contributed by atoms with van der Waals surface area (Å²) in [5, 5.41) is 8.21. The van der Waals surface area contributed by atoms with Crippen LogP contribution < -0.4 is 30.2 Å². The molecule has 1 unspecified atom stereocenters. The van der Waals surface area contributed by atoms with E-state index in [2.05, 4.69) is 16.0 Å². The number of ether oxygens (including phenoxy) is 3. The van der Waals surface area contributed by atoms with E-state index in [0.29, 0.717) is 49.7 Å². The van der Waals surface area contributed by atoms with Crippen molar-refractivity contribution in [2.24, 2.45) is 0 Å². The third kappa shape index (κ3) is 9.25. The molecule has 254 valence electrons. The summed E-state index contributed by atoms with van der Waals surface area (Å²) in [5.74, 6) is 0.102. The molecule has 0 aliphatic heterocycles. The Morgan fingerprint density at radius 1 is 0.720 bits per heavy atom. The summed E-state index contributed by atoms with van der Waals surface area (Å²) < 4.78 is 16.1. The number of halogens is 1. The summed E-state index contributed by atoms with van der Waals surface area (Å²) in [5.41, 5.74) is 2.68. The van der Waals surface area contributed by atoms with Crippen LogP contribution in [0.3, 0.4) is 0 Å². The zero-order valence-electron chi connectivity index (χ0n) is 27.4. The molecule has 5 aromatic rings. The maximum atomic E-state index is 13.9. The Morgan fingerprint density at radius 2 is 1.42 bits per heavy atom. The molecule has 0 spiro atoms. The Kier molecular flexibility index (Phi) is 12.2. The molecule has 0 aliphatic rings. The Bertz CT molecular complexity index is 2010. The predicted octanol–water partition coefficient (Wildman–Crippen LogP) is 8.25. The number of hydrogen-bond donors (Lipinski definition) is 3. The quantitative estimate of drug-likeness (QED) is 0.0834. The lowest BCUT2D eigenvalue weighted by Crippen LogP contribution is -2.30. The molecule has 0 aliphatic carbocycles. The molecule has 0 saturated carbocycles. The first-order valence-electron chi connectivity index (χ1n) is 15.4. The number of amides is 3. The molecule has 3 N–H and O–H groups in total. The van der Waals surface area contributed by atoms with Crippen molar-refractivity contribution in [3.8, 4) is 17.2 Å². The molecule has 11 heteroatoms. The zero-order chi connectivity index (χ0) is 35.5. The lowest BCUT2D eigenvalue weighted by molar-refractivity contribution is -0.116. The zero-order valence-corrected chi connectivity index (χ0v) is 29.0. The average Bonchev–Trinajstić information content (AvgIpc) is 3.14. The van der Waals surface area contributed by atoms with Gasteiger partial charge in [-0.15, -0.1) is 11.8 Å². The van der Waals surface area contributed by atoms with E-state index in [0.717, 1.165) is 5.56 Å². The summed E-state index contributed by atoms with van der Waals surface area (Å²) >= 11 is 7.66. The van der Waals surface area contributed by atoms with Gasteiger partial charge in [0, 0.05) is 22.2 Å². The second-order valence-corrected chi connectivity index (χ2v) is 12.3. The van der Waals surface area contributed by atoms with Crippen LogP contribution in [-0.4, -0.2) is 39.1 Å². The van der Waals surface area contributed by atoms with Crippen molar-refractivity contribution in [2.75, 3.05) is 32.0 Å². The number of benzene rings is 5. The lowest BCUT2D eigenvalue weighted by Gasteiger charge is -2.19. The minimum absolute atomic E-state index is 0.0267. The van der Waals surface area contributed by atoms with Gasteiger partial charge < -0.3 is 30.2 Å². The molecular formula is C39H34ClN3O6S. The highest BCUT2D eigenvalue weighted by molar-refractivity contribution is 8.00. The molecule has 0 radical (unpaired) electrons. The first-order valence-corrected chi connectivity index (χ1v) is 16.6. The number of rotatable bonds is 13. The van der Waals surface area contributed by atoms with E-state index >= 15 is 0 Å². The summed E-state index contributed by atoms with van der Waals surface area (Å²) in [6, 6.07) is 35.4. The molecule has 0 saturated heterocycles. The lowest BCUT2D eigenvalue weighted by atomic mass is 10.1. The van der Waals surface area contributed by atoms with Crippen molar-refractivity contribution in [2.45, 2.75) is 10.1 Å². The van der Waals surface area contributed by atoms with Crippen LogP contribution in [0.5, 0.6) is 17.2 Å². The van der Waals surface area contributed by atoms with Crippen LogP contribution >= 0.6 is 23.4 Å². The van der Waals surface area contributed by atoms with Gasteiger partial charge in [-0.2, -0.15) is 0 Å². The smallest absolute Gasteiger partial charge is 0.272 e. The van der Waals surface area contributed by atoms with E-state index in [1.54, 1.807) is 98.1 Å². The fourth-order valence-electron chi connectivity index (χ4n) is 4.88. The number of thioether (sulfide) groups is 1. The molecule has 0 aromatic heterocycles. The van der Waals surface area contributed by atoms with Gasteiger partial charge in [0.2, 0.25) is 5.91 Å². The van der Waals surface area contributed by atoms with Crippen molar-refractivity contribution < 1.29 is 28.6 Å². The fraction of sp³-hybridized carbons (Fsp3) is 0.103. The Morgan fingerprint density at radius 3 is 2.12 bits per heavy atom. The van der Waals surface area contributed by atoms with Gasteiger partial charge in [0.05, 0.1) is 32.0 Å². The highest BCUT2D eigenvalue weighted by atomic mass is 35.5. The van der Waals surface area contributed by atoms with Crippen molar-refractivity contribution in [3.05, 3.63) is 149 Å². The molecule has 5 rings (SSSR count). The average molecular weight is 708 g/mol. The molecule has 50 heavy (non-hydrogen) atoms. The minimum Gasteiger partial charge on any atom is -0.497 e. The summed E-state index contributed by atoms with van der Waals surface area (Å²) in [4.78, 5) is 41.4. The number of carbonyl (C=O) groups excluding carboxylic acids is 3. The normalized spacial score (nSPS) is 11.6. The molecule has 9 nitrogen and oxygen atoms in total. The first-order chi connectivity index (χ1) is 24.3. The van der Waals surface area contributed by atoms with Crippen molar-refractivity contribution >= 4 is 58.5 Å². The van der Waals surface area contributed by atoms with E-state index in [9.17, 15) is 14.4 Å². The minimum atomic E-state index is -0.693. The predicted molar refractivity (Wildman–Crippen MR) is 198 cm³/mol. The maximum Gasteiger partial charge on any atom is 0.272 e. The van der Waals surface area contributed by atoms with Crippen LogP contribution in [0.15, 0.2) is 132 Å². The highest BCUT2D eigenvalue weighted by Gasteiger charge is 2.24. The molecule has 0 heterocycles. The van der Waals surface area contributed by atoms with Gasteiger partial charge >= 0.3 is 0 Å². The molecular weight excluding hydrogens is 674 g/mol. The van der Waals surface area contributed by atoms with Gasteiger partial charge in [0.25, 0.3) is 11.8 Å². The Labute approximate surface area is 299 Å². The topological polar surface area (TPSA) is 115 Å². The molecule has 3 amide bonds. The summed E-state index contributed by atoms with van der Waals surface area (Å²) in [7, 11) is 4.54. The second kappa shape index (κ2) is 17.1.